The monoisotopic (exact) mass is 262 g/mol. The number of anilines is 1. The van der Waals surface area contributed by atoms with E-state index < -0.39 is 0 Å². The van der Waals surface area contributed by atoms with E-state index in [-0.39, 0.29) is 30.2 Å². The largest absolute Gasteiger partial charge is 0.394 e. The predicted molar refractivity (Wildman–Crippen MR) is 68.4 cm³/mol. The van der Waals surface area contributed by atoms with E-state index in [2.05, 4.69) is 9.97 Å². The number of aliphatic hydroxyl groups excluding tert-OH is 1. The fourth-order valence-corrected chi connectivity index (χ4v) is 2.38. The van der Waals surface area contributed by atoms with Crippen LogP contribution in [0.15, 0.2) is 23.4 Å². The minimum absolute atomic E-state index is 0.00818. The van der Waals surface area contributed by atoms with Crippen molar-refractivity contribution in [3.8, 4) is 0 Å². The van der Waals surface area contributed by atoms with E-state index in [1.165, 1.54) is 12.4 Å². The standard InChI is InChI=1S/C12H14N4O3/c13-11-10-8(18)3-4-16(12(10)15-6-14-11)9-2-1-7(5-17)19-9/h3-4,6-7,9,17H,1-2,5H2,(H2,13,14,15)/t7-,9+/m0/s1. The van der Waals surface area contributed by atoms with Gasteiger partial charge in [-0.3, -0.25) is 4.79 Å². The van der Waals surface area contributed by atoms with Crippen LogP contribution in [0.25, 0.3) is 11.0 Å². The lowest BCUT2D eigenvalue weighted by Crippen LogP contribution is -2.18. The number of ether oxygens (including phenoxy) is 1. The van der Waals surface area contributed by atoms with Gasteiger partial charge in [-0.15, -0.1) is 0 Å². The van der Waals surface area contributed by atoms with E-state index in [0.29, 0.717) is 11.0 Å². The van der Waals surface area contributed by atoms with E-state index in [1.54, 1.807) is 10.8 Å². The van der Waals surface area contributed by atoms with Crippen molar-refractivity contribution < 1.29 is 9.84 Å². The smallest absolute Gasteiger partial charge is 0.194 e. The van der Waals surface area contributed by atoms with Gasteiger partial charge < -0.3 is 20.1 Å². The molecule has 100 valence electrons. The van der Waals surface area contributed by atoms with Crippen LogP contribution in [0.3, 0.4) is 0 Å². The fraction of sp³-hybridized carbons (Fsp3) is 0.417. The number of hydrogen-bond donors (Lipinski definition) is 2. The molecule has 0 amide bonds. The van der Waals surface area contributed by atoms with Crippen molar-refractivity contribution in [2.75, 3.05) is 12.3 Å². The number of nitrogen functional groups attached to an aromatic ring is 1. The molecule has 0 bridgehead atoms. The SMILES string of the molecule is Nc1ncnc2c1c(=O)ccn2[C@H]1CC[C@@H](CO)O1. The van der Waals surface area contributed by atoms with Crippen molar-refractivity contribution in [1.82, 2.24) is 14.5 Å². The number of nitrogens with zero attached hydrogens (tertiary/aromatic N) is 3. The molecule has 1 aliphatic heterocycles. The average Bonchev–Trinajstić information content (AvgIpc) is 2.88. The third-order valence-electron chi connectivity index (χ3n) is 3.33. The minimum Gasteiger partial charge on any atom is -0.394 e. The summed E-state index contributed by atoms with van der Waals surface area (Å²) in [7, 11) is 0. The molecule has 0 radical (unpaired) electrons. The third kappa shape index (κ3) is 1.96. The summed E-state index contributed by atoms with van der Waals surface area (Å²) in [5.74, 6) is 0.168. The van der Waals surface area contributed by atoms with E-state index >= 15 is 0 Å². The predicted octanol–water partition coefficient (Wildman–Crippen LogP) is 0.0436. The lowest BCUT2D eigenvalue weighted by molar-refractivity contribution is -0.0207. The van der Waals surface area contributed by atoms with Gasteiger partial charge in [-0.1, -0.05) is 0 Å². The molecule has 3 N–H and O–H groups in total. The first-order valence-corrected chi connectivity index (χ1v) is 6.08. The van der Waals surface area contributed by atoms with Crippen LogP contribution < -0.4 is 11.2 Å². The maximum Gasteiger partial charge on any atom is 0.194 e. The van der Waals surface area contributed by atoms with Crippen LogP contribution in [0.1, 0.15) is 19.1 Å². The van der Waals surface area contributed by atoms with Gasteiger partial charge in [0.25, 0.3) is 0 Å². The molecule has 2 aromatic heterocycles. The van der Waals surface area contributed by atoms with Gasteiger partial charge in [0.05, 0.1) is 12.7 Å². The summed E-state index contributed by atoms with van der Waals surface area (Å²) in [6.07, 6.45) is 4.09. The van der Waals surface area contributed by atoms with Crippen LogP contribution in [0.2, 0.25) is 0 Å². The Hall–Kier alpha value is -1.99. The Kier molecular flexibility index (Phi) is 2.92. The quantitative estimate of drug-likeness (QED) is 0.792. The second kappa shape index (κ2) is 4.60. The van der Waals surface area contributed by atoms with Crippen molar-refractivity contribution >= 4 is 16.9 Å². The number of hydrogen-bond acceptors (Lipinski definition) is 6. The molecule has 0 saturated carbocycles. The zero-order valence-electron chi connectivity index (χ0n) is 10.2. The highest BCUT2D eigenvalue weighted by Gasteiger charge is 2.27. The summed E-state index contributed by atoms with van der Waals surface area (Å²) < 4.78 is 7.46. The lowest BCUT2D eigenvalue weighted by Gasteiger charge is -2.17. The Morgan fingerprint density at radius 3 is 3.05 bits per heavy atom. The van der Waals surface area contributed by atoms with Crippen LogP contribution in [0.5, 0.6) is 0 Å². The molecule has 3 rings (SSSR count). The van der Waals surface area contributed by atoms with Crippen molar-refractivity contribution in [2.24, 2.45) is 0 Å². The van der Waals surface area contributed by atoms with Gasteiger partial charge in [0.1, 0.15) is 23.8 Å². The number of aromatic nitrogens is 3. The number of pyridine rings is 1. The van der Waals surface area contributed by atoms with Gasteiger partial charge in [0.2, 0.25) is 0 Å². The van der Waals surface area contributed by atoms with Crippen LogP contribution in [-0.2, 0) is 4.74 Å². The summed E-state index contributed by atoms with van der Waals surface area (Å²) in [6.45, 7) is -0.00818. The van der Waals surface area contributed by atoms with Crippen LogP contribution in [0.4, 0.5) is 5.82 Å². The van der Waals surface area contributed by atoms with Crippen molar-refractivity contribution in [2.45, 2.75) is 25.2 Å². The van der Waals surface area contributed by atoms with Crippen LogP contribution in [-0.4, -0.2) is 32.4 Å². The lowest BCUT2D eigenvalue weighted by atomic mass is 10.2. The summed E-state index contributed by atoms with van der Waals surface area (Å²) >= 11 is 0. The minimum atomic E-state index is -0.241. The number of rotatable bonds is 2. The number of fused-ring (bicyclic) bond motifs is 1. The molecule has 1 fully saturated rings. The van der Waals surface area contributed by atoms with Crippen LogP contribution >= 0.6 is 0 Å². The molecule has 0 aliphatic carbocycles. The topological polar surface area (TPSA) is 103 Å². The zero-order chi connectivity index (χ0) is 13.4. The molecule has 1 aliphatic rings. The molecule has 2 atom stereocenters. The second-order valence-electron chi connectivity index (χ2n) is 4.52. The number of nitrogens with two attached hydrogens (primary N) is 1. The van der Waals surface area contributed by atoms with Crippen molar-refractivity contribution in [1.29, 1.82) is 0 Å². The maximum atomic E-state index is 11.8. The molecule has 2 aromatic rings. The summed E-state index contributed by atoms with van der Waals surface area (Å²) in [6, 6.07) is 1.43. The van der Waals surface area contributed by atoms with Gasteiger partial charge in [-0.25, -0.2) is 9.97 Å². The average molecular weight is 262 g/mol. The zero-order valence-corrected chi connectivity index (χ0v) is 10.2. The summed E-state index contributed by atoms with van der Waals surface area (Å²) in [5, 5.41) is 9.41. The van der Waals surface area contributed by atoms with Gasteiger partial charge in [-0.2, -0.15) is 0 Å². The van der Waals surface area contributed by atoms with E-state index in [0.717, 1.165) is 12.8 Å². The molecular weight excluding hydrogens is 248 g/mol. The fourth-order valence-electron chi connectivity index (χ4n) is 2.38. The third-order valence-corrected chi connectivity index (χ3v) is 3.33. The molecular formula is C12H14N4O3. The summed E-state index contributed by atoms with van der Waals surface area (Å²) in [4.78, 5) is 19.8. The van der Waals surface area contributed by atoms with Crippen molar-refractivity contribution in [3.63, 3.8) is 0 Å². The summed E-state index contributed by atoms with van der Waals surface area (Å²) in [5.41, 5.74) is 5.99. The maximum absolute atomic E-state index is 11.8. The first-order valence-electron chi connectivity index (χ1n) is 6.08. The van der Waals surface area contributed by atoms with E-state index in [1.807, 2.05) is 0 Å². The Morgan fingerprint density at radius 2 is 2.32 bits per heavy atom. The van der Waals surface area contributed by atoms with Gasteiger partial charge >= 0.3 is 0 Å². The highest BCUT2D eigenvalue weighted by atomic mass is 16.5. The molecule has 7 nitrogen and oxygen atoms in total. The highest BCUT2D eigenvalue weighted by Crippen LogP contribution is 2.29. The van der Waals surface area contributed by atoms with Gasteiger partial charge in [0.15, 0.2) is 11.1 Å². The Morgan fingerprint density at radius 1 is 1.47 bits per heavy atom. The molecule has 0 unspecified atom stereocenters. The first-order chi connectivity index (χ1) is 9.20. The Bertz CT molecular complexity index is 670. The van der Waals surface area contributed by atoms with Gasteiger partial charge in [-0.05, 0) is 12.8 Å². The Balaban J connectivity index is 2.13. The molecule has 19 heavy (non-hydrogen) atoms. The van der Waals surface area contributed by atoms with Crippen molar-refractivity contribution in [3.05, 3.63) is 28.8 Å². The highest BCUT2D eigenvalue weighted by molar-refractivity contribution is 5.84. The van der Waals surface area contributed by atoms with Crippen LogP contribution in [0, 0.1) is 0 Å². The number of aliphatic hydroxyl groups is 1. The van der Waals surface area contributed by atoms with Gasteiger partial charge in [0, 0.05) is 12.3 Å². The molecule has 0 spiro atoms. The second-order valence-corrected chi connectivity index (χ2v) is 4.52. The van der Waals surface area contributed by atoms with E-state index in [9.17, 15) is 4.79 Å². The Labute approximate surface area is 108 Å². The molecule has 0 aromatic carbocycles. The first kappa shape index (κ1) is 12.1. The van der Waals surface area contributed by atoms with E-state index in [4.69, 9.17) is 15.6 Å². The molecule has 7 heteroatoms. The molecule has 1 saturated heterocycles. The molecule has 3 heterocycles. The normalized spacial score (nSPS) is 23.0.